The van der Waals surface area contributed by atoms with E-state index < -0.39 is 11.7 Å². The molecule has 0 bridgehead atoms. The molecule has 0 saturated carbocycles. The summed E-state index contributed by atoms with van der Waals surface area (Å²) in [5.74, 6) is -1.13. The van der Waals surface area contributed by atoms with Crippen LogP contribution in [0.25, 0.3) is 0 Å². The number of aromatic nitrogens is 2. The Balaban J connectivity index is 2.24. The lowest BCUT2D eigenvalue weighted by molar-refractivity contribution is 0.101. The van der Waals surface area contributed by atoms with Gasteiger partial charge in [0.2, 0.25) is 0 Å². The summed E-state index contributed by atoms with van der Waals surface area (Å²) in [6, 6.07) is 4.52. The summed E-state index contributed by atoms with van der Waals surface area (Å²) < 4.78 is 14.3. The number of pyridine rings is 1. The van der Waals surface area contributed by atoms with Crippen molar-refractivity contribution < 1.29 is 9.18 Å². The molecule has 0 radical (unpaired) electrons. The lowest BCUT2D eigenvalue weighted by atomic mass is 10.3. The van der Waals surface area contributed by atoms with Crippen LogP contribution in [0, 0.1) is 5.82 Å². The van der Waals surface area contributed by atoms with Gasteiger partial charge in [0.05, 0.1) is 11.8 Å². The molecule has 6 heteroatoms. The van der Waals surface area contributed by atoms with Crippen LogP contribution in [0.3, 0.4) is 0 Å². The van der Waals surface area contributed by atoms with Crippen LogP contribution in [-0.2, 0) is 0 Å². The SMILES string of the molecule is O=C(Nn1cccc1)c1cc(F)cnc1Cl. The van der Waals surface area contributed by atoms with Gasteiger partial charge in [-0.05, 0) is 18.2 Å². The van der Waals surface area contributed by atoms with Crippen molar-refractivity contribution in [2.45, 2.75) is 0 Å². The topological polar surface area (TPSA) is 46.9 Å². The van der Waals surface area contributed by atoms with E-state index in [1.165, 1.54) is 4.68 Å². The number of rotatable bonds is 2. The summed E-state index contributed by atoms with van der Waals surface area (Å²) in [6.07, 6.45) is 4.23. The van der Waals surface area contributed by atoms with Gasteiger partial charge >= 0.3 is 0 Å². The van der Waals surface area contributed by atoms with Gasteiger partial charge in [-0.15, -0.1) is 0 Å². The van der Waals surface area contributed by atoms with Crippen LogP contribution in [0.5, 0.6) is 0 Å². The highest BCUT2D eigenvalue weighted by Gasteiger charge is 2.12. The van der Waals surface area contributed by atoms with Crippen LogP contribution in [0.1, 0.15) is 10.4 Å². The van der Waals surface area contributed by atoms with Crippen molar-refractivity contribution >= 4 is 17.5 Å². The molecule has 2 rings (SSSR count). The molecule has 1 amide bonds. The number of carbonyl (C=O) groups is 1. The maximum absolute atomic E-state index is 12.9. The summed E-state index contributed by atoms with van der Waals surface area (Å²) in [5.41, 5.74) is 2.49. The third-order valence-electron chi connectivity index (χ3n) is 1.89. The minimum Gasteiger partial charge on any atom is -0.268 e. The molecule has 4 nitrogen and oxygen atoms in total. The molecule has 1 N–H and O–H groups in total. The van der Waals surface area contributed by atoms with E-state index in [0.717, 1.165) is 12.3 Å². The molecule has 0 aliphatic heterocycles. The molecule has 0 saturated heterocycles. The van der Waals surface area contributed by atoms with Gasteiger partial charge in [0.25, 0.3) is 5.91 Å². The van der Waals surface area contributed by atoms with Crippen molar-refractivity contribution in [1.29, 1.82) is 0 Å². The van der Waals surface area contributed by atoms with Crippen LogP contribution < -0.4 is 5.43 Å². The molecule has 82 valence electrons. The van der Waals surface area contributed by atoms with E-state index in [0.29, 0.717) is 0 Å². The van der Waals surface area contributed by atoms with Crippen molar-refractivity contribution in [1.82, 2.24) is 9.66 Å². The lowest BCUT2D eigenvalue weighted by Crippen LogP contribution is -2.22. The highest BCUT2D eigenvalue weighted by molar-refractivity contribution is 6.33. The highest BCUT2D eigenvalue weighted by Crippen LogP contribution is 2.13. The normalized spacial score (nSPS) is 10.1. The third-order valence-corrected chi connectivity index (χ3v) is 2.19. The molecule has 0 atom stereocenters. The number of hydrogen-bond donors (Lipinski definition) is 1. The molecule has 2 heterocycles. The zero-order valence-electron chi connectivity index (χ0n) is 8.02. The minimum absolute atomic E-state index is 0.00429. The maximum atomic E-state index is 12.9. The Kier molecular flexibility index (Phi) is 2.87. The Morgan fingerprint density at radius 1 is 1.44 bits per heavy atom. The monoisotopic (exact) mass is 239 g/mol. The number of carbonyl (C=O) groups excluding carboxylic acids is 1. The van der Waals surface area contributed by atoms with Gasteiger partial charge < -0.3 is 0 Å². The molecule has 0 aliphatic rings. The van der Waals surface area contributed by atoms with Crippen LogP contribution in [-0.4, -0.2) is 15.6 Å². The number of halogens is 2. The van der Waals surface area contributed by atoms with Crippen molar-refractivity contribution in [2.24, 2.45) is 0 Å². The van der Waals surface area contributed by atoms with Gasteiger partial charge in [0, 0.05) is 12.4 Å². The zero-order chi connectivity index (χ0) is 11.5. The van der Waals surface area contributed by atoms with Gasteiger partial charge in [0.15, 0.2) is 0 Å². The van der Waals surface area contributed by atoms with Crippen molar-refractivity contribution in [2.75, 3.05) is 5.43 Å². The molecular weight excluding hydrogens is 233 g/mol. The van der Waals surface area contributed by atoms with Gasteiger partial charge in [-0.1, -0.05) is 11.6 Å². The van der Waals surface area contributed by atoms with Crippen molar-refractivity contribution in [3.63, 3.8) is 0 Å². The number of amides is 1. The largest absolute Gasteiger partial charge is 0.273 e. The summed E-state index contributed by atoms with van der Waals surface area (Å²) in [6.45, 7) is 0. The van der Waals surface area contributed by atoms with E-state index in [2.05, 4.69) is 10.4 Å². The van der Waals surface area contributed by atoms with Crippen LogP contribution in [0.4, 0.5) is 4.39 Å². The molecule has 0 spiro atoms. The molecule has 2 aromatic heterocycles. The van der Waals surface area contributed by atoms with Gasteiger partial charge in [-0.2, -0.15) is 0 Å². The second-order valence-electron chi connectivity index (χ2n) is 3.02. The molecule has 0 aliphatic carbocycles. The van der Waals surface area contributed by atoms with E-state index in [9.17, 15) is 9.18 Å². The fraction of sp³-hybridized carbons (Fsp3) is 0. The Morgan fingerprint density at radius 3 is 2.81 bits per heavy atom. The summed E-state index contributed by atoms with van der Waals surface area (Å²) in [5, 5.41) is -0.0361. The second kappa shape index (κ2) is 4.32. The quantitative estimate of drug-likeness (QED) is 0.816. The fourth-order valence-corrected chi connectivity index (χ4v) is 1.36. The van der Waals surface area contributed by atoms with Crippen LogP contribution in [0.15, 0.2) is 36.8 Å². The van der Waals surface area contributed by atoms with E-state index >= 15 is 0 Å². The second-order valence-corrected chi connectivity index (χ2v) is 3.38. The van der Waals surface area contributed by atoms with Crippen LogP contribution >= 0.6 is 11.6 Å². The molecule has 0 unspecified atom stereocenters. The number of nitrogens with zero attached hydrogens (tertiary/aromatic N) is 2. The number of nitrogens with one attached hydrogen (secondary N) is 1. The summed E-state index contributed by atoms with van der Waals surface area (Å²) >= 11 is 5.68. The first-order valence-corrected chi connectivity index (χ1v) is 4.80. The Labute approximate surface area is 95.6 Å². The predicted molar refractivity (Wildman–Crippen MR) is 57.3 cm³/mol. The Bertz CT molecular complexity index is 513. The number of hydrogen-bond acceptors (Lipinski definition) is 2. The fourth-order valence-electron chi connectivity index (χ4n) is 1.17. The maximum Gasteiger partial charge on any atom is 0.273 e. The average Bonchev–Trinajstić information content (AvgIpc) is 2.74. The standard InChI is InChI=1S/C10H7ClFN3O/c11-9-8(5-7(12)6-13-9)10(16)14-15-3-1-2-4-15/h1-6H,(H,14,16). The van der Waals surface area contributed by atoms with Gasteiger partial charge in [-0.3, -0.25) is 14.9 Å². The molecule has 2 aromatic rings. The Hall–Kier alpha value is -1.88. The van der Waals surface area contributed by atoms with Crippen molar-refractivity contribution in [3.05, 3.63) is 53.3 Å². The molecule has 0 fully saturated rings. The molecule has 0 aromatic carbocycles. The van der Waals surface area contributed by atoms with Crippen LogP contribution in [0.2, 0.25) is 5.15 Å². The van der Waals surface area contributed by atoms with Crippen molar-refractivity contribution in [3.8, 4) is 0 Å². The van der Waals surface area contributed by atoms with E-state index in [4.69, 9.17) is 11.6 Å². The predicted octanol–water partition coefficient (Wildman–Crippen LogP) is 2.06. The third kappa shape index (κ3) is 2.20. The summed E-state index contributed by atoms with van der Waals surface area (Å²) in [4.78, 5) is 15.2. The first-order chi connectivity index (χ1) is 7.66. The lowest BCUT2D eigenvalue weighted by Gasteiger charge is -2.06. The van der Waals surface area contributed by atoms with E-state index in [1.54, 1.807) is 24.5 Å². The first-order valence-electron chi connectivity index (χ1n) is 4.42. The molecule has 16 heavy (non-hydrogen) atoms. The Morgan fingerprint density at radius 2 is 2.12 bits per heavy atom. The average molecular weight is 240 g/mol. The first kappa shape index (κ1) is 10.6. The zero-order valence-corrected chi connectivity index (χ0v) is 8.78. The smallest absolute Gasteiger partial charge is 0.268 e. The van der Waals surface area contributed by atoms with Gasteiger partial charge in [0.1, 0.15) is 11.0 Å². The molecular formula is C10H7ClFN3O. The van der Waals surface area contributed by atoms with Gasteiger partial charge in [-0.25, -0.2) is 9.37 Å². The minimum atomic E-state index is -0.609. The summed E-state index contributed by atoms with van der Waals surface area (Å²) in [7, 11) is 0. The van der Waals surface area contributed by atoms with E-state index in [1.807, 2.05) is 0 Å². The highest BCUT2D eigenvalue weighted by atomic mass is 35.5. The van der Waals surface area contributed by atoms with E-state index in [-0.39, 0.29) is 10.7 Å².